The average Bonchev–Trinajstić information content (AvgIpc) is 2.38. The van der Waals surface area contributed by atoms with E-state index < -0.39 is 0 Å². The number of halogens is 1. The number of aliphatic hydroxyl groups excluding tert-OH is 1. The van der Waals surface area contributed by atoms with Crippen molar-refractivity contribution in [2.24, 2.45) is 0 Å². The molecule has 0 aliphatic heterocycles. The molecule has 0 aliphatic carbocycles. The number of hydrogen-bond donors (Lipinski definition) is 2. The number of nitrogens with zero attached hydrogens (tertiary/aromatic N) is 1. The zero-order valence-electron chi connectivity index (χ0n) is 10.3. The molecule has 0 heterocycles. The molecule has 1 aromatic rings. The van der Waals surface area contributed by atoms with Gasteiger partial charge in [0.2, 0.25) is 0 Å². The molecule has 18 heavy (non-hydrogen) atoms. The number of urea groups is 1. The van der Waals surface area contributed by atoms with Gasteiger partial charge in [-0.2, -0.15) is 0 Å². The van der Waals surface area contributed by atoms with Crippen LogP contribution in [-0.2, 0) is 0 Å². The zero-order valence-corrected chi connectivity index (χ0v) is 11.9. The molecule has 98 valence electrons. The second-order valence-corrected chi connectivity index (χ2v) is 4.55. The molecular weight excluding hydrogens is 296 g/mol. The number of amides is 2. The Morgan fingerprint density at radius 2 is 2.11 bits per heavy atom. The van der Waals surface area contributed by atoms with E-state index in [9.17, 15) is 4.79 Å². The highest BCUT2D eigenvalue weighted by Gasteiger charge is 2.07. The normalized spacial score (nSPS) is 10.6. The number of rotatable bonds is 5. The summed E-state index contributed by atoms with van der Waals surface area (Å²) in [4.78, 5) is 13.2. The molecule has 0 atom stereocenters. The summed E-state index contributed by atoms with van der Waals surface area (Å²) in [7, 11) is 0. The van der Waals surface area contributed by atoms with Crippen molar-refractivity contribution in [2.45, 2.75) is 6.92 Å². The minimum absolute atomic E-state index is 0.0301. The third kappa shape index (κ3) is 4.89. The van der Waals surface area contributed by atoms with E-state index in [0.717, 1.165) is 10.0 Å². The first-order valence-electron chi connectivity index (χ1n) is 5.75. The first kappa shape index (κ1) is 14.7. The molecule has 5 heteroatoms. The number of carbonyl (C=O) groups is 1. The van der Waals surface area contributed by atoms with Crippen molar-refractivity contribution in [3.8, 4) is 0 Å². The van der Waals surface area contributed by atoms with Crippen LogP contribution in [0, 0.1) is 0 Å². The van der Waals surface area contributed by atoms with E-state index in [0.29, 0.717) is 13.1 Å². The van der Waals surface area contributed by atoms with Crippen LogP contribution < -0.4 is 5.32 Å². The third-order valence-corrected chi connectivity index (χ3v) is 2.92. The number of carbonyl (C=O) groups excluding carboxylic acids is 1. The fourth-order valence-corrected chi connectivity index (χ4v) is 1.66. The molecule has 0 aliphatic rings. The van der Waals surface area contributed by atoms with Crippen molar-refractivity contribution >= 4 is 28.0 Å². The Balaban J connectivity index is 2.48. The van der Waals surface area contributed by atoms with Crippen LogP contribution in [0.25, 0.3) is 6.08 Å². The van der Waals surface area contributed by atoms with Crippen molar-refractivity contribution in [1.29, 1.82) is 0 Å². The maximum atomic E-state index is 11.7. The van der Waals surface area contributed by atoms with Gasteiger partial charge >= 0.3 is 6.03 Å². The summed E-state index contributed by atoms with van der Waals surface area (Å²) < 4.78 is 1.02. The largest absolute Gasteiger partial charge is 0.395 e. The molecule has 0 spiro atoms. The summed E-state index contributed by atoms with van der Waals surface area (Å²) in [5.41, 5.74) is 1.00. The van der Waals surface area contributed by atoms with Crippen LogP contribution in [-0.4, -0.2) is 35.7 Å². The van der Waals surface area contributed by atoms with E-state index in [4.69, 9.17) is 5.11 Å². The van der Waals surface area contributed by atoms with Crippen LogP contribution in [0.2, 0.25) is 0 Å². The fourth-order valence-electron chi connectivity index (χ4n) is 1.40. The number of likely N-dealkylation sites (N-methyl/N-ethyl adjacent to an activating group) is 1. The number of aliphatic hydroxyl groups is 1. The van der Waals surface area contributed by atoms with Crippen LogP contribution in [0.15, 0.2) is 34.9 Å². The maximum absolute atomic E-state index is 11.7. The predicted molar refractivity (Wildman–Crippen MR) is 76.0 cm³/mol. The fraction of sp³-hybridized carbons (Fsp3) is 0.308. The molecule has 2 amide bonds. The quantitative estimate of drug-likeness (QED) is 0.877. The van der Waals surface area contributed by atoms with Crippen molar-refractivity contribution in [3.05, 3.63) is 40.5 Å². The summed E-state index contributed by atoms with van der Waals surface area (Å²) >= 11 is 3.36. The van der Waals surface area contributed by atoms with Gasteiger partial charge in [-0.05, 0) is 30.7 Å². The number of hydrogen-bond acceptors (Lipinski definition) is 2. The van der Waals surface area contributed by atoms with E-state index in [1.807, 2.05) is 37.3 Å². The minimum Gasteiger partial charge on any atom is -0.395 e. The van der Waals surface area contributed by atoms with Crippen molar-refractivity contribution in [1.82, 2.24) is 10.2 Å². The van der Waals surface area contributed by atoms with E-state index >= 15 is 0 Å². The van der Waals surface area contributed by atoms with Crippen LogP contribution in [0.1, 0.15) is 12.5 Å². The highest BCUT2D eigenvalue weighted by molar-refractivity contribution is 9.10. The molecule has 0 aromatic heterocycles. The van der Waals surface area contributed by atoms with Crippen molar-refractivity contribution < 1.29 is 9.90 Å². The van der Waals surface area contributed by atoms with Crippen molar-refractivity contribution in [2.75, 3.05) is 19.7 Å². The monoisotopic (exact) mass is 312 g/mol. The Morgan fingerprint density at radius 3 is 2.67 bits per heavy atom. The third-order valence-electron chi connectivity index (χ3n) is 2.39. The van der Waals surface area contributed by atoms with E-state index in [-0.39, 0.29) is 12.6 Å². The predicted octanol–water partition coefficient (Wildman–Crippen LogP) is 2.44. The van der Waals surface area contributed by atoms with Gasteiger partial charge in [-0.15, -0.1) is 0 Å². The summed E-state index contributed by atoms with van der Waals surface area (Å²) in [5, 5.41) is 11.5. The molecular formula is C13H17BrN2O2. The summed E-state index contributed by atoms with van der Waals surface area (Å²) in [6.45, 7) is 2.75. The van der Waals surface area contributed by atoms with E-state index in [1.165, 1.54) is 4.90 Å². The van der Waals surface area contributed by atoms with E-state index in [1.54, 1.807) is 6.20 Å². The SMILES string of the molecule is CCN(CCO)C(=O)N/C=C/c1ccc(Br)cc1. The molecule has 2 N–H and O–H groups in total. The average molecular weight is 313 g/mol. The zero-order chi connectivity index (χ0) is 13.4. The topological polar surface area (TPSA) is 52.6 Å². The van der Waals surface area contributed by atoms with Gasteiger partial charge in [0.1, 0.15) is 0 Å². The summed E-state index contributed by atoms with van der Waals surface area (Å²) in [5.74, 6) is 0. The lowest BCUT2D eigenvalue weighted by atomic mass is 10.2. The van der Waals surface area contributed by atoms with Gasteiger partial charge < -0.3 is 15.3 Å². The minimum atomic E-state index is -0.208. The molecule has 1 aromatic carbocycles. The van der Waals surface area contributed by atoms with Crippen LogP contribution in [0.5, 0.6) is 0 Å². The van der Waals surface area contributed by atoms with Crippen LogP contribution in [0.3, 0.4) is 0 Å². The van der Waals surface area contributed by atoms with Gasteiger partial charge in [-0.1, -0.05) is 28.1 Å². The second kappa shape index (κ2) is 7.89. The Labute approximate surface area is 115 Å². The Hall–Kier alpha value is -1.33. The molecule has 0 unspecified atom stereocenters. The van der Waals surface area contributed by atoms with Crippen LogP contribution >= 0.6 is 15.9 Å². The smallest absolute Gasteiger partial charge is 0.321 e. The molecule has 0 fully saturated rings. The lowest BCUT2D eigenvalue weighted by Gasteiger charge is -2.18. The summed E-state index contributed by atoms with van der Waals surface area (Å²) in [6.07, 6.45) is 3.42. The Morgan fingerprint density at radius 1 is 1.44 bits per heavy atom. The van der Waals surface area contributed by atoms with Gasteiger partial charge in [-0.3, -0.25) is 0 Å². The lowest BCUT2D eigenvalue weighted by molar-refractivity contribution is 0.183. The van der Waals surface area contributed by atoms with E-state index in [2.05, 4.69) is 21.2 Å². The van der Waals surface area contributed by atoms with Gasteiger partial charge in [0.05, 0.1) is 6.61 Å². The molecule has 0 bridgehead atoms. The first-order valence-corrected chi connectivity index (χ1v) is 6.55. The maximum Gasteiger partial charge on any atom is 0.321 e. The molecule has 1 rings (SSSR count). The molecule has 0 saturated heterocycles. The number of benzene rings is 1. The first-order chi connectivity index (χ1) is 8.67. The van der Waals surface area contributed by atoms with Gasteiger partial charge in [0, 0.05) is 23.8 Å². The Kier molecular flexibility index (Phi) is 6.46. The molecule has 0 radical (unpaired) electrons. The van der Waals surface area contributed by atoms with Gasteiger partial charge in [0.15, 0.2) is 0 Å². The van der Waals surface area contributed by atoms with Gasteiger partial charge in [0.25, 0.3) is 0 Å². The summed E-state index contributed by atoms with van der Waals surface area (Å²) in [6, 6.07) is 7.55. The lowest BCUT2D eigenvalue weighted by Crippen LogP contribution is -2.39. The highest BCUT2D eigenvalue weighted by Crippen LogP contribution is 2.11. The van der Waals surface area contributed by atoms with Crippen LogP contribution in [0.4, 0.5) is 4.79 Å². The molecule has 4 nitrogen and oxygen atoms in total. The van der Waals surface area contributed by atoms with Gasteiger partial charge in [-0.25, -0.2) is 4.79 Å². The highest BCUT2D eigenvalue weighted by atomic mass is 79.9. The van der Waals surface area contributed by atoms with Crippen molar-refractivity contribution in [3.63, 3.8) is 0 Å². The molecule has 0 saturated carbocycles. The number of nitrogens with one attached hydrogen (secondary N) is 1. The second-order valence-electron chi connectivity index (χ2n) is 3.64. The Bertz CT molecular complexity index is 404. The standard InChI is InChI=1S/C13H17BrN2O2/c1-2-16(9-10-17)13(18)15-8-7-11-3-5-12(14)6-4-11/h3-8,17H,2,9-10H2,1H3,(H,15,18)/b8-7+.